The molecule has 0 N–H and O–H groups in total. The van der Waals surface area contributed by atoms with Crippen LogP contribution in [0, 0.1) is 0 Å². The van der Waals surface area contributed by atoms with E-state index in [0.29, 0.717) is 0 Å². The van der Waals surface area contributed by atoms with E-state index in [9.17, 15) is 0 Å². The number of unbranched alkanes of at least 4 members (excludes halogenated alkanes) is 3. The van der Waals surface area contributed by atoms with Crippen molar-refractivity contribution in [2.75, 3.05) is 14.2 Å². The normalized spacial score (nSPS) is 11.2. The lowest BCUT2D eigenvalue weighted by molar-refractivity contribution is 0.214. The molecule has 0 spiro atoms. The molecule has 0 atom stereocenters. The van der Waals surface area contributed by atoms with Gasteiger partial charge < -0.3 is 9.68 Å². The highest BCUT2D eigenvalue weighted by Gasteiger charge is 1.84. The molecule has 0 radical (unpaired) electrons. The summed E-state index contributed by atoms with van der Waals surface area (Å²) in [6, 6.07) is 0. The van der Waals surface area contributed by atoms with Crippen molar-refractivity contribution in [3.63, 3.8) is 0 Å². The van der Waals surface area contributed by atoms with Crippen molar-refractivity contribution >= 4 is 12.4 Å². The molecule has 0 aromatic rings. The van der Waals surface area contributed by atoms with Gasteiger partial charge in [-0.05, 0) is 25.7 Å². The van der Waals surface area contributed by atoms with E-state index in [-0.39, 0.29) is 0 Å². The van der Waals surface area contributed by atoms with Crippen molar-refractivity contribution < 1.29 is 9.68 Å². The van der Waals surface area contributed by atoms with Crippen molar-refractivity contribution in [1.82, 2.24) is 0 Å². The molecule has 0 aliphatic rings. The van der Waals surface area contributed by atoms with Crippen LogP contribution in [-0.2, 0) is 9.68 Å². The summed E-state index contributed by atoms with van der Waals surface area (Å²) in [7, 11) is 3.09. The predicted octanol–water partition coefficient (Wildman–Crippen LogP) is 1.81. The molecule has 4 heteroatoms. The third kappa shape index (κ3) is 8.94. The van der Waals surface area contributed by atoms with Crippen LogP contribution in [0.5, 0.6) is 0 Å². The molecule has 0 aliphatic carbocycles. The number of rotatable bonds is 7. The highest BCUT2D eigenvalue weighted by molar-refractivity contribution is 5.57. The second kappa shape index (κ2) is 9.94. The Morgan fingerprint density at radius 1 is 0.917 bits per heavy atom. The molecule has 0 saturated heterocycles. The minimum absolute atomic E-state index is 0.953. The first-order chi connectivity index (χ1) is 5.91. The van der Waals surface area contributed by atoms with Gasteiger partial charge in [-0.1, -0.05) is 10.3 Å². The van der Waals surface area contributed by atoms with Gasteiger partial charge in [0.15, 0.2) is 0 Å². The molecule has 0 aromatic carbocycles. The first-order valence-electron chi connectivity index (χ1n) is 4.01. The first-order valence-corrected chi connectivity index (χ1v) is 4.01. The molecular weight excluding hydrogens is 156 g/mol. The van der Waals surface area contributed by atoms with Gasteiger partial charge in [0.25, 0.3) is 0 Å². The van der Waals surface area contributed by atoms with Gasteiger partial charge in [-0.15, -0.1) is 0 Å². The quantitative estimate of drug-likeness (QED) is 0.334. The van der Waals surface area contributed by atoms with E-state index in [0.717, 1.165) is 25.7 Å². The highest BCUT2D eigenvalue weighted by atomic mass is 16.6. The average Bonchev–Trinajstić information content (AvgIpc) is 2.10. The van der Waals surface area contributed by atoms with Gasteiger partial charge in [0.1, 0.15) is 14.2 Å². The molecule has 0 fully saturated rings. The van der Waals surface area contributed by atoms with E-state index in [2.05, 4.69) is 20.0 Å². The van der Waals surface area contributed by atoms with Crippen LogP contribution in [0.3, 0.4) is 0 Å². The summed E-state index contributed by atoms with van der Waals surface area (Å²) in [5.74, 6) is 0. The van der Waals surface area contributed by atoms with Crippen LogP contribution < -0.4 is 0 Å². The maximum absolute atomic E-state index is 4.51. The van der Waals surface area contributed by atoms with E-state index in [1.54, 1.807) is 26.6 Å². The summed E-state index contributed by atoms with van der Waals surface area (Å²) in [6.07, 6.45) is 7.65. The molecule has 70 valence electrons. The van der Waals surface area contributed by atoms with Gasteiger partial charge in [-0.2, -0.15) is 0 Å². The zero-order chi connectivity index (χ0) is 9.07. The van der Waals surface area contributed by atoms with Gasteiger partial charge in [-0.3, -0.25) is 0 Å². The average molecular weight is 172 g/mol. The minimum atomic E-state index is 0.953. The van der Waals surface area contributed by atoms with Crippen molar-refractivity contribution in [3.05, 3.63) is 0 Å². The number of nitrogens with zero attached hydrogens (tertiary/aromatic N) is 2. The lowest BCUT2D eigenvalue weighted by atomic mass is 10.2. The zero-order valence-corrected chi connectivity index (χ0v) is 7.69. The SMILES string of the molecule is CON=CCCCCC=NOC. The monoisotopic (exact) mass is 172 g/mol. The fourth-order valence-electron chi connectivity index (χ4n) is 0.726. The van der Waals surface area contributed by atoms with Crippen molar-refractivity contribution in [2.24, 2.45) is 10.3 Å². The van der Waals surface area contributed by atoms with Gasteiger partial charge in [0, 0.05) is 12.4 Å². The fraction of sp³-hybridized carbons (Fsp3) is 0.750. The smallest absolute Gasteiger partial charge is 0.106 e. The maximum Gasteiger partial charge on any atom is 0.106 e. The molecule has 0 aromatic heterocycles. The Kier molecular flexibility index (Phi) is 9.06. The predicted molar refractivity (Wildman–Crippen MR) is 49.5 cm³/mol. The Hall–Kier alpha value is -1.06. The fourth-order valence-corrected chi connectivity index (χ4v) is 0.726. The molecule has 12 heavy (non-hydrogen) atoms. The summed E-state index contributed by atoms with van der Waals surface area (Å²) < 4.78 is 0. The summed E-state index contributed by atoms with van der Waals surface area (Å²) >= 11 is 0. The van der Waals surface area contributed by atoms with Crippen LogP contribution in [0.4, 0.5) is 0 Å². The lowest BCUT2D eigenvalue weighted by Gasteiger charge is -1.91. The molecule has 4 nitrogen and oxygen atoms in total. The first kappa shape index (κ1) is 10.9. The Balaban J connectivity index is 3.00. The lowest BCUT2D eigenvalue weighted by Crippen LogP contribution is -1.82. The maximum atomic E-state index is 4.51. The Labute approximate surface area is 73.2 Å². The van der Waals surface area contributed by atoms with Gasteiger partial charge in [-0.25, -0.2) is 0 Å². The van der Waals surface area contributed by atoms with Crippen LogP contribution in [0.15, 0.2) is 10.3 Å². The topological polar surface area (TPSA) is 43.2 Å². The highest BCUT2D eigenvalue weighted by Crippen LogP contribution is 1.95. The summed E-state index contributed by atoms with van der Waals surface area (Å²) in [4.78, 5) is 9.02. The van der Waals surface area contributed by atoms with E-state index < -0.39 is 0 Å². The third-order valence-corrected chi connectivity index (χ3v) is 1.28. The van der Waals surface area contributed by atoms with Gasteiger partial charge in [0.2, 0.25) is 0 Å². The van der Waals surface area contributed by atoms with E-state index in [1.165, 1.54) is 0 Å². The molecule has 0 amide bonds. The van der Waals surface area contributed by atoms with Gasteiger partial charge >= 0.3 is 0 Å². The Morgan fingerprint density at radius 2 is 1.33 bits per heavy atom. The molecule has 0 unspecified atom stereocenters. The van der Waals surface area contributed by atoms with Crippen LogP contribution in [0.1, 0.15) is 25.7 Å². The summed E-state index contributed by atoms with van der Waals surface area (Å²) in [6.45, 7) is 0. The van der Waals surface area contributed by atoms with Crippen molar-refractivity contribution in [1.29, 1.82) is 0 Å². The molecule has 0 heterocycles. The number of oxime groups is 2. The molecule has 0 aliphatic heterocycles. The molecule has 0 saturated carbocycles. The summed E-state index contributed by atoms with van der Waals surface area (Å²) in [5, 5.41) is 7.24. The summed E-state index contributed by atoms with van der Waals surface area (Å²) in [5.41, 5.74) is 0. The van der Waals surface area contributed by atoms with E-state index in [4.69, 9.17) is 0 Å². The third-order valence-electron chi connectivity index (χ3n) is 1.28. The second-order valence-corrected chi connectivity index (χ2v) is 2.23. The number of hydrogen-bond donors (Lipinski definition) is 0. The molecule has 0 bridgehead atoms. The zero-order valence-electron chi connectivity index (χ0n) is 7.69. The van der Waals surface area contributed by atoms with Crippen LogP contribution >= 0.6 is 0 Å². The van der Waals surface area contributed by atoms with Crippen LogP contribution in [-0.4, -0.2) is 26.6 Å². The Bertz CT molecular complexity index is 119. The minimum Gasteiger partial charge on any atom is -0.399 e. The second-order valence-electron chi connectivity index (χ2n) is 2.23. The van der Waals surface area contributed by atoms with E-state index >= 15 is 0 Å². The van der Waals surface area contributed by atoms with Gasteiger partial charge in [0.05, 0.1) is 0 Å². The number of hydrogen-bond acceptors (Lipinski definition) is 4. The molecule has 0 rings (SSSR count). The standard InChI is InChI=1S/C8H16N2O2/c1-11-9-7-5-3-4-6-8-10-12-2/h7-8H,3-6H2,1-2H3. The largest absolute Gasteiger partial charge is 0.399 e. The van der Waals surface area contributed by atoms with Crippen molar-refractivity contribution in [3.8, 4) is 0 Å². The van der Waals surface area contributed by atoms with E-state index in [1.807, 2.05) is 0 Å². The van der Waals surface area contributed by atoms with Crippen LogP contribution in [0.25, 0.3) is 0 Å². The molecular formula is C8H16N2O2. The van der Waals surface area contributed by atoms with Crippen molar-refractivity contribution in [2.45, 2.75) is 25.7 Å². The van der Waals surface area contributed by atoms with Crippen LogP contribution in [0.2, 0.25) is 0 Å². The Morgan fingerprint density at radius 3 is 1.67 bits per heavy atom.